The van der Waals surface area contributed by atoms with Gasteiger partial charge in [-0.15, -0.1) is 0 Å². The zero-order valence-electron chi connectivity index (χ0n) is 9.36. The van der Waals surface area contributed by atoms with Gasteiger partial charge in [0.15, 0.2) is 6.29 Å². The predicted molar refractivity (Wildman–Crippen MR) is 85.1 cm³/mol. The predicted octanol–water partition coefficient (Wildman–Crippen LogP) is 6.48. The molecular formula is C12H3Cl6NO. The van der Waals surface area contributed by atoms with Crippen molar-refractivity contribution >= 4 is 75.9 Å². The van der Waals surface area contributed by atoms with E-state index in [4.69, 9.17) is 69.6 Å². The van der Waals surface area contributed by atoms with E-state index in [0.29, 0.717) is 12.0 Å². The summed E-state index contributed by atoms with van der Waals surface area (Å²) in [6.45, 7) is 0. The molecule has 1 heterocycles. The number of benzene rings is 1. The van der Waals surface area contributed by atoms with Crippen LogP contribution in [0, 0.1) is 0 Å². The van der Waals surface area contributed by atoms with Crippen LogP contribution in [0.3, 0.4) is 0 Å². The van der Waals surface area contributed by atoms with Crippen molar-refractivity contribution in [1.29, 1.82) is 0 Å². The van der Waals surface area contributed by atoms with E-state index in [2.05, 4.69) is 4.98 Å². The van der Waals surface area contributed by atoms with Crippen molar-refractivity contribution < 1.29 is 4.79 Å². The van der Waals surface area contributed by atoms with Crippen LogP contribution in [-0.4, -0.2) is 11.3 Å². The lowest BCUT2D eigenvalue weighted by Gasteiger charge is -2.12. The van der Waals surface area contributed by atoms with Crippen LogP contribution >= 0.6 is 69.6 Å². The maximum atomic E-state index is 10.9. The van der Waals surface area contributed by atoms with Crippen molar-refractivity contribution in [2.45, 2.75) is 0 Å². The maximum absolute atomic E-state index is 10.9. The van der Waals surface area contributed by atoms with Gasteiger partial charge in [0.2, 0.25) is 0 Å². The van der Waals surface area contributed by atoms with Gasteiger partial charge in [-0.2, -0.15) is 0 Å². The fraction of sp³-hybridized carbons (Fsp3) is 0. The Morgan fingerprint density at radius 2 is 1.30 bits per heavy atom. The summed E-state index contributed by atoms with van der Waals surface area (Å²) in [5.74, 6) is 0. The highest BCUT2D eigenvalue weighted by atomic mass is 35.5. The minimum Gasteiger partial charge on any atom is -0.296 e. The molecule has 1 aromatic heterocycles. The molecule has 20 heavy (non-hydrogen) atoms. The second-order valence-electron chi connectivity index (χ2n) is 3.63. The normalized spacial score (nSPS) is 10.7. The molecule has 0 radical (unpaired) electrons. The summed E-state index contributed by atoms with van der Waals surface area (Å²) in [7, 11) is 0. The number of nitrogens with zero attached hydrogens (tertiary/aromatic N) is 1. The van der Waals surface area contributed by atoms with Gasteiger partial charge in [0.25, 0.3) is 0 Å². The van der Waals surface area contributed by atoms with Gasteiger partial charge in [-0.05, 0) is 12.1 Å². The van der Waals surface area contributed by atoms with Gasteiger partial charge >= 0.3 is 0 Å². The van der Waals surface area contributed by atoms with Gasteiger partial charge in [-0.1, -0.05) is 69.6 Å². The van der Waals surface area contributed by atoms with Gasteiger partial charge in [0, 0.05) is 5.56 Å². The van der Waals surface area contributed by atoms with Crippen LogP contribution < -0.4 is 0 Å². The topological polar surface area (TPSA) is 30.0 Å². The minimum absolute atomic E-state index is 0.0525. The van der Waals surface area contributed by atoms with E-state index in [0.717, 1.165) is 0 Å². The molecule has 0 aliphatic heterocycles. The summed E-state index contributed by atoms with van der Waals surface area (Å²) in [4.78, 5) is 14.9. The number of rotatable bonds is 2. The number of carbonyl (C=O) groups excluding carboxylic acids is 1. The zero-order valence-corrected chi connectivity index (χ0v) is 13.9. The number of pyridine rings is 1. The van der Waals surface area contributed by atoms with Crippen LogP contribution in [0.25, 0.3) is 11.3 Å². The summed E-state index contributed by atoms with van der Waals surface area (Å²) in [5.41, 5.74) is 0.651. The monoisotopic (exact) mass is 387 g/mol. The molecule has 0 bridgehead atoms. The lowest BCUT2D eigenvalue weighted by molar-refractivity contribution is 0.111. The molecule has 104 valence electrons. The standard InChI is InChI=1S/C12H3Cl6NO/c13-4-1-2-5(19-6(4)3-20)7-8(14)10(16)12(18)11(17)9(7)15/h1-3H. The molecule has 0 saturated carbocycles. The van der Waals surface area contributed by atoms with Crippen LogP contribution in [-0.2, 0) is 0 Å². The zero-order chi connectivity index (χ0) is 15.0. The van der Waals surface area contributed by atoms with E-state index in [1.54, 1.807) is 6.07 Å². The molecule has 0 spiro atoms. The van der Waals surface area contributed by atoms with E-state index in [9.17, 15) is 4.79 Å². The Balaban J connectivity index is 2.79. The Morgan fingerprint density at radius 3 is 1.80 bits per heavy atom. The SMILES string of the molecule is O=Cc1nc(-c2c(Cl)c(Cl)c(Cl)c(Cl)c2Cl)ccc1Cl. The minimum atomic E-state index is 0.0525. The third kappa shape index (κ3) is 2.74. The Kier molecular flexibility index (Phi) is 5.06. The Hall–Kier alpha value is -0.220. The molecule has 0 fully saturated rings. The van der Waals surface area contributed by atoms with Gasteiger partial charge in [-0.25, -0.2) is 4.98 Å². The molecular weight excluding hydrogens is 387 g/mol. The Bertz CT molecular complexity index is 687. The largest absolute Gasteiger partial charge is 0.296 e. The molecule has 0 saturated heterocycles. The van der Waals surface area contributed by atoms with Crippen LogP contribution in [0.5, 0.6) is 0 Å². The van der Waals surface area contributed by atoms with Crippen LogP contribution in [0.15, 0.2) is 12.1 Å². The summed E-state index contributed by atoms with van der Waals surface area (Å²) < 4.78 is 0. The van der Waals surface area contributed by atoms with Gasteiger partial charge < -0.3 is 0 Å². The smallest absolute Gasteiger partial charge is 0.169 e. The number of carbonyl (C=O) groups is 1. The summed E-state index contributed by atoms with van der Waals surface area (Å²) >= 11 is 35.9. The number of halogens is 6. The third-order valence-electron chi connectivity index (χ3n) is 2.45. The van der Waals surface area contributed by atoms with E-state index < -0.39 is 0 Å². The fourth-order valence-electron chi connectivity index (χ4n) is 1.51. The molecule has 2 nitrogen and oxygen atoms in total. The number of aromatic nitrogens is 1. The summed E-state index contributed by atoms with van der Waals surface area (Å²) in [6.07, 6.45) is 0.521. The number of aldehydes is 1. The van der Waals surface area contributed by atoms with E-state index >= 15 is 0 Å². The highest BCUT2D eigenvalue weighted by Gasteiger charge is 2.21. The van der Waals surface area contributed by atoms with Gasteiger partial charge in [-0.3, -0.25) is 4.79 Å². The van der Waals surface area contributed by atoms with Crippen molar-refractivity contribution in [3.05, 3.63) is 48.0 Å². The molecule has 8 heteroatoms. The molecule has 0 aliphatic carbocycles. The van der Waals surface area contributed by atoms with Crippen molar-refractivity contribution in [3.8, 4) is 11.3 Å². The maximum Gasteiger partial charge on any atom is 0.169 e. The first kappa shape index (κ1) is 16.2. The molecule has 0 aliphatic rings. The molecule has 2 rings (SSSR count). The number of hydrogen-bond acceptors (Lipinski definition) is 2. The average molecular weight is 390 g/mol. The third-order valence-corrected chi connectivity index (χ3v) is 5.05. The molecule has 0 atom stereocenters. The quantitative estimate of drug-likeness (QED) is 0.334. The molecule has 0 N–H and O–H groups in total. The van der Waals surface area contributed by atoms with Crippen molar-refractivity contribution in [3.63, 3.8) is 0 Å². The second-order valence-corrected chi connectivity index (χ2v) is 5.92. The lowest BCUT2D eigenvalue weighted by atomic mass is 10.1. The van der Waals surface area contributed by atoms with Crippen molar-refractivity contribution in [1.82, 2.24) is 4.98 Å². The summed E-state index contributed by atoms with van der Waals surface area (Å²) in [6, 6.07) is 3.04. The van der Waals surface area contributed by atoms with Crippen LogP contribution in [0.2, 0.25) is 30.1 Å². The molecule has 0 amide bonds. The lowest BCUT2D eigenvalue weighted by Crippen LogP contribution is -1.94. The first-order valence-corrected chi connectivity index (χ1v) is 7.28. The van der Waals surface area contributed by atoms with E-state index in [-0.39, 0.29) is 41.4 Å². The fourth-order valence-corrected chi connectivity index (χ4v) is 2.99. The highest BCUT2D eigenvalue weighted by Crippen LogP contribution is 2.47. The average Bonchev–Trinajstić information content (AvgIpc) is 2.45. The van der Waals surface area contributed by atoms with E-state index in [1.165, 1.54) is 6.07 Å². The second kappa shape index (κ2) is 6.27. The first-order valence-electron chi connectivity index (χ1n) is 5.02. The highest BCUT2D eigenvalue weighted by molar-refractivity contribution is 6.56. The number of hydrogen-bond donors (Lipinski definition) is 0. The van der Waals surface area contributed by atoms with E-state index in [1.807, 2.05) is 0 Å². The molecule has 2 aromatic rings. The Morgan fingerprint density at radius 1 is 0.800 bits per heavy atom. The van der Waals surface area contributed by atoms with Crippen molar-refractivity contribution in [2.75, 3.05) is 0 Å². The van der Waals surface area contributed by atoms with Crippen LogP contribution in [0.1, 0.15) is 10.5 Å². The molecule has 1 aromatic carbocycles. The Labute approximate surface area is 144 Å². The van der Waals surface area contributed by atoms with Gasteiger partial charge in [0.1, 0.15) is 5.69 Å². The van der Waals surface area contributed by atoms with Crippen LogP contribution in [0.4, 0.5) is 0 Å². The van der Waals surface area contributed by atoms with Gasteiger partial charge in [0.05, 0.1) is 35.8 Å². The van der Waals surface area contributed by atoms with Crippen molar-refractivity contribution in [2.24, 2.45) is 0 Å². The molecule has 0 unspecified atom stereocenters. The first-order chi connectivity index (χ1) is 9.38. The summed E-state index contributed by atoms with van der Waals surface area (Å²) in [5, 5.41) is 0.568.